The summed E-state index contributed by atoms with van der Waals surface area (Å²) in [4.78, 5) is 0. The van der Waals surface area contributed by atoms with Crippen LogP contribution in [-0.4, -0.2) is 57.4 Å². The minimum atomic E-state index is -0.931. The maximum Gasteiger partial charge on any atom is 0.0921 e. The van der Waals surface area contributed by atoms with E-state index < -0.39 is 19.9 Å². The molecule has 0 amide bonds. The Hall–Kier alpha value is 4.47. The van der Waals surface area contributed by atoms with Crippen LogP contribution in [0.15, 0.2) is 0 Å². The second-order valence-corrected chi connectivity index (χ2v) is 21.8. The molecule has 0 aliphatic carbocycles. The smallest absolute Gasteiger partial charge is 0.0921 e. The van der Waals surface area contributed by atoms with E-state index in [1.54, 1.807) is 0 Å². The van der Waals surface area contributed by atoms with Crippen molar-refractivity contribution in [2.24, 2.45) is 0 Å². The van der Waals surface area contributed by atoms with Crippen molar-refractivity contribution < 1.29 is 0 Å². The molecule has 0 heterocycles. The van der Waals surface area contributed by atoms with Crippen LogP contribution in [-0.2, 0) is 0 Å². The summed E-state index contributed by atoms with van der Waals surface area (Å²) in [5.74, 6) is 2.04. The van der Waals surface area contributed by atoms with E-state index in [1.165, 1.54) is 18.7 Å². The number of hydrogen-bond donors (Lipinski definition) is 0. The second kappa shape index (κ2) is 43.4. The maximum absolute atomic E-state index is 5.41. The Morgan fingerprint density at radius 3 is 0.808 bits per heavy atom. The van der Waals surface area contributed by atoms with Gasteiger partial charge in [0.1, 0.15) is 0 Å². The SMILES string of the molecule is CC.CCCP(Cl)Cl.CCl.CCl.CP(C)CP(C)C.ClP(Cl)CP(Cl)Cl. The van der Waals surface area contributed by atoms with E-state index in [0.717, 1.165) is 12.6 Å². The number of halogens is 8. The zero-order valence-corrected chi connectivity index (χ0v) is 27.6. The predicted octanol–water partition coefficient (Wildman–Crippen LogP) is 12.9. The lowest BCUT2D eigenvalue weighted by atomic mass is 10.6. The Kier molecular flexibility index (Phi) is 73.7. The minimum absolute atomic E-state index is 0.389. The molecule has 0 radical (unpaired) electrons. The van der Waals surface area contributed by atoms with E-state index in [4.69, 9.17) is 67.4 Å². The Morgan fingerprint density at radius 1 is 0.538 bits per heavy atom. The molecule has 0 bridgehead atoms. The fourth-order valence-electron chi connectivity index (χ4n) is 0.816. The second-order valence-electron chi connectivity index (χ2n) is 4.07. The molecule has 0 aromatic heterocycles. The molecule has 0 saturated heterocycles. The van der Waals surface area contributed by atoms with Crippen LogP contribution in [0.25, 0.3) is 0 Å². The van der Waals surface area contributed by atoms with Gasteiger partial charge in [-0.15, -0.1) is 39.0 Å². The van der Waals surface area contributed by atoms with Gasteiger partial charge in [0.25, 0.3) is 0 Å². The van der Waals surface area contributed by atoms with Crippen molar-refractivity contribution in [3.63, 3.8) is 0 Å². The highest BCUT2D eigenvalue weighted by Gasteiger charge is 2.04. The normalized spacial score (nSPS) is 9.00. The summed E-state index contributed by atoms with van der Waals surface area (Å²) in [5, 5.41) is 0. The van der Waals surface area contributed by atoms with Gasteiger partial charge < -0.3 is 0 Å². The highest BCUT2D eigenvalue weighted by Crippen LogP contribution is 2.62. The third-order valence-electron chi connectivity index (χ3n) is 1.17. The largest absolute Gasteiger partial charge is 0.130 e. The van der Waals surface area contributed by atoms with Gasteiger partial charge in [0.2, 0.25) is 0 Å². The molecule has 26 heavy (non-hydrogen) atoms. The van der Waals surface area contributed by atoms with Crippen molar-refractivity contribution in [2.45, 2.75) is 27.2 Å². The van der Waals surface area contributed by atoms with Crippen LogP contribution in [0.3, 0.4) is 0 Å². The Balaban J connectivity index is -0.0000000503. The van der Waals surface area contributed by atoms with Crippen molar-refractivity contribution >= 4 is 126 Å². The fraction of sp³-hybridized carbons (Fsp3) is 1.00. The Labute approximate surface area is 209 Å². The van der Waals surface area contributed by atoms with Crippen LogP contribution >= 0.6 is 126 Å². The molecule has 0 aromatic rings. The summed E-state index contributed by atoms with van der Waals surface area (Å²) in [7, 11) is 0.778. The first-order valence-electron chi connectivity index (χ1n) is 7.35. The zero-order valence-electron chi connectivity index (χ0n) is 17.1. The van der Waals surface area contributed by atoms with Crippen LogP contribution in [0, 0.1) is 0 Å². The van der Waals surface area contributed by atoms with E-state index in [1.807, 2.05) is 13.8 Å². The first kappa shape index (κ1) is 44.2. The summed E-state index contributed by atoms with van der Waals surface area (Å²) >= 11 is 41.5. The highest BCUT2D eigenvalue weighted by atomic mass is 35.9. The van der Waals surface area contributed by atoms with Gasteiger partial charge in [0, 0.05) is 18.7 Å². The van der Waals surface area contributed by atoms with Gasteiger partial charge in [-0.1, -0.05) is 88.2 Å². The monoisotopic (exact) mass is 626 g/mol. The molecular formula is C13H35Cl8P5. The molecule has 0 fully saturated rings. The molecule has 0 spiro atoms. The summed E-state index contributed by atoms with van der Waals surface area (Å²) in [6.45, 7) is 12.9. The van der Waals surface area contributed by atoms with E-state index in [2.05, 4.69) is 56.8 Å². The summed E-state index contributed by atoms with van der Waals surface area (Å²) < 4.78 is 0. The topological polar surface area (TPSA) is 0 Å². The van der Waals surface area contributed by atoms with Gasteiger partial charge in [-0.3, -0.25) is 0 Å². The van der Waals surface area contributed by atoms with Gasteiger partial charge >= 0.3 is 0 Å². The van der Waals surface area contributed by atoms with Crippen LogP contribution in [0.4, 0.5) is 0 Å². The number of hydrogen-bond acceptors (Lipinski definition) is 0. The van der Waals surface area contributed by atoms with Gasteiger partial charge in [-0.25, -0.2) is 0 Å². The molecule has 13 heteroatoms. The lowest BCUT2D eigenvalue weighted by Crippen LogP contribution is -1.74. The molecule has 0 rings (SSSR count). The highest BCUT2D eigenvalue weighted by molar-refractivity contribution is 8.16. The van der Waals surface area contributed by atoms with Crippen molar-refractivity contribution in [3.05, 3.63) is 0 Å². The van der Waals surface area contributed by atoms with Crippen molar-refractivity contribution in [3.8, 4) is 0 Å². The number of alkyl halides is 2. The average Bonchev–Trinajstić information content (AvgIpc) is 2.51. The van der Waals surface area contributed by atoms with Crippen molar-refractivity contribution in [2.75, 3.05) is 57.4 Å². The summed E-state index contributed by atoms with van der Waals surface area (Å²) in [6, 6.07) is 0. The molecule has 0 aromatic carbocycles. The van der Waals surface area contributed by atoms with Gasteiger partial charge in [-0.05, 0) is 45.1 Å². The molecular weight excluding hydrogens is 595 g/mol. The minimum Gasteiger partial charge on any atom is -0.130 e. The standard InChI is InChI=1S/C5H14P2.C3H7Cl2P.C2H6.CH2Cl4P2.2CH3Cl/c1-6(2)5-7(3)4;1-2-3-6(4)5;1-2;2-6(3)1-7(4)5;2*1-2/h5H2,1-4H3;2-3H2,1H3;1-2H3;1H2;2*1H3. The third-order valence-corrected chi connectivity index (χ3v) is 13.1. The van der Waals surface area contributed by atoms with E-state index in [-0.39, 0.29) is 0 Å². The van der Waals surface area contributed by atoms with Gasteiger partial charge in [-0.2, -0.15) is 0 Å². The van der Waals surface area contributed by atoms with Crippen LogP contribution in [0.5, 0.6) is 0 Å². The van der Waals surface area contributed by atoms with Crippen molar-refractivity contribution in [1.29, 1.82) is 0 Å². The first-order valence-corrected chi connectivity index (χ1v) is 23.7. The zero-order chi connectivity index (χ0) is 22.7. The van der Waals surface area contributed by atoms with E-state index in [9.17, 15) is 0 Å². The predicted molar refractivity (Wildman–Crippen MR) is 153 cm³/mol. The van der Waals surface area contributed by atoms with Crippen LogP contribution < -0.4 is 0 Å². The Bertz CT molecular complexity index is 164. The van der Waals surface area contributed by atoms with Crippen LogP contribution in [0.2, 0.25) is 0 Å². The Morgan fingerprint density at radius 2 is 0.808 bits per heavy atom. The molecule has 0 unspecified atom stereocenters. The average molecular weight is 630 g/mol. The van der Waals surface area contributed by atoms with E-state index in [0.29, 0.717) is 21.7 Å². The summed E-state index contributed by atoms with van der Waals surface area (Å²) in [6.07, 6.45) is 5.01. The van der Waals surface area contributed by atoms with Gasteiger partial charge in [0.05, 0.1) is 19.9 Å². The fourth-order valence-corrected chi connectivity index (χ4v) is 13.2. The third kappa shape index (κ3) is 89.8. The molecule has 0 aliphatic heterocycles. The lowest BCUT2D eigenvalue weighted by molar-refractivity contribution is 1.11. The molecule has 168 valence electrons. The first-order chi connectivity index (χ1) is 12.0. The molecule has 0 atom stereocenters. The van der Waals surface area contributed by atoms with Gasteiger partial charge in [0.15, 0.2) is 0 Å². The molecule has 0 saturated carbocycles. The molecule has 0 nitrogen and oxygen atoms in total. The van der Waals surface area contributed by atoms with Crippen molar-refractivity contribution in [1.82, 2.24) is 0 Å². The molecule has 0 aliphatic rings. The molecule has 0 N–H and O–H groups in total. The number of rotatable bonds is 6. The quantitative estimate of drug-likeness (QED) is 0.203. The van der Waals surface area contributed by atoms with E-state index >= 15 is 0 Å². The lowest BCUT2D eigenvalue weighted by Gasteiger charge is -2.07. The maximum atomic E-state index is 5.41. The summed E-state index contributed by atoms with van der Waals surface area (Å²) in [5.41, 5.74) is 0. The van der Waals surface area contributed by atoms with Crippen LogP contribution in [0.1, 0.15) is 27.2 Å².